The van der Waals surface area contributed by atoms with Crippen LogP contribution in [0.5, 0.6) is 5.75 Å². The molecule has 0 N–H and O–H groups in total. The van der Waals surface area contributed by atoms with Gasteiger partial charge < -0.3 is 9.47 Å². The predicted octanol–water partition coefficient (Wildman–Crippen LogP) is 3.28. The van der Waals surface area contributed by atoms with Crippen molar-refractivity contribution < 1.29 is 14.4 Å². The van der Waals surface area contributed by atoms with E-state index in [-0.39, 0.29) is 18.1 Å². The Morgan fingerprint density at radius 1 is 1.30 bits per heavy atom. The van der Waals surface area contributed by atoms with Gasteiger partial charge in [-0.1, -0.05) is 6.07 Å². The van der Waals surface area contributed by atoms with Crippen molar-refractivity contribution in [3.05, 3.63) is 34.4 Å². The van der Waals surface area contributed by atoms with Crippen LogP contribution in [0.15, 0.2) is 24.3 Å². The molecule has 130 valence electrons. The van der Waals surface area contributed by atoms with E-state index in [0.29, 0.717) is 24.6 Å². The first kappa shape index (κ1) is 19.7. The second kappa shape index (κ2) is 9.70. The molecule has 23 heavy (non-hydrogen) atoms. The molecule has 0 bridgehead atoms. The Labute approximate surface area is 143 Å². The van der Waals surface area contributed by atoms with Crippen molar-refractivity contribution in [2.75, 3.05) is 26.2 Å². The minimum absolute atomic E-state index is 0. The van der Waals surface area contributed by atoms with Gasteiger partial charge in [0, 0.05) is 19.2 Å². The third-order valence-corrected chi connectivity index (χ3v) is 3.66. The lowest BCUT2D eigenvalue weighted by molar-refractivity contribution is -0.384. The zero-order valence-corrected chi connectivity index (χ0v) is 14.5. The third-order valence-electron chi connectivity index (χ3n) is 3.66. The Hall–Kier alpha value is -1.37. The Kier molecular flexibility index (Phi) is 8.30. The molecule has 7 heteroatoms. The minimum atomic E-state index is -0.409. The number of nitro groups is 1. The highest BCUT2D eigenvalue weighted by molar-refractivity contribution is 5.85. The summed E-state index contributed by atoms with van der Waals surface area (Å²) in [5.41, 5.74) is 0.0637. The molecule has 0 saturated carbocycles. The van der Waals surface area contributed by atoms with Gasteiger partial charge >= 0.3 is 0 Å². The van der Waals surface area contributed by atoms with E-state index in [0.717, 1.165) is 32.5 Å². The van der Waals surface area contributed by atoms with Gasteiger partial charge in [-0.05, 0) is 39.3 Å². The molecule has 2 rings (SSSR count). The Morgan fingerprint density at radius 2 is 2.00 bits per heavy atom. The van der Waals surface area contributed by atoms with E-state index in [1.165, 1.54) is 12.1 Å². The summed E-state index contributed by atoms with van der Waals surface area (Å²) in [5.74, 6) is 0.558. The standard InChI is InChI=1S/C16H24N2O4.ClH/c1-13-11-17(12-14(2)22-13)8-3-4-9-21-16-7-5-6-15(10-16)18(19)20;/h5-7,10,13-14H,3-4,8-9,11-12H2,1-2H3;1H. The highest BCUT2D eigenvalue weighted by Gasteiger charge is 2.21. The summed E-state index contributed by atoms with van der Waals surface area (Å²) in [6, 6.07) is 6.32. The van der Waals surface area contributed by atoms with Crippen molar-refractivity contribution >= 4 is 18.1 Å². The van der Waals surface area contributed by atoms with Gasteiger partial charge in [-0.3, -0.25) is 15.0 Å². The maximum atomic E-state index is 10.7. The van der Waals surface area contributed by atoms with Gasteiger partial charge in [-0.25, -0.2) is 0 Å². The topological polar surface area (TPSA) is 64.8 Å². The summed E-state index contributed by atoms with van der Waals surface area (Å²) < 4.78 is 11.3. The summed E-state index contributed by atoms with van der Waals surface area (Å²) in [4.78, 5) is 12.7. The first-order chi connectivity index (χ1) is 10.5. The van der Waals surface area contributed by atoms with E-state index in [2.05, 4.69) is 18.7 Å². The van der Waals surface area contributed by atoms with E-state index in [1.54, 1.807) is 12.1 Å². The summed E-state index contributed by atoms with van der Waals surface area (Å²) >= 11 is 0. The van der Waals surface area contributed by atoms with Crippen LogP contribution < -0.4 is 4.74 Å². The van der Waals surface area contributed by atoms with Crippen molar-refractivity contribution in [1.82, 2.24) is 4.90 Å². The molecule has 2 atom stereocenters. The molecule has 1 aromatic rings. The highest BCUT2D eigenvalue weighted by atomic mass is 35.5. The molecular weight excluding hydrogens is 320 g/mol. The van der Waals surface area contributed by atoms with Crippen LogP contribution in [0.2, 0.25) is 0 Å². The Bertz CT molecular complexity index is 491. The maximum absolute atomic E-state index is 10.7. The minimum Gasteiger partial charge on any atom is -0.493 e. The number of rotatable bonds is 7. The summed E-state index contributed by atoms with van der Waals surface area (Å²) in [6.45, 7) is 7.79. The van der Waals surface area contributed by atoms with Crippen molar-refractivity contribution in [3.8, 4) is 5.75 Å². The first-order valence-corrected chi connectivity index (χ1v) is 7.79. The normalized spacial score (nSPS) is 21.5. The van der Waals surface area contributed by atoms with Gasteiger partial charge in [-0.2, -0.15) is 0 Å². The number of hydrogen-bond acceptors (Lipinski definition) is 5. The van der Waals surface area contributed by atoms with Crippen LogP contribution in [0, 0.1) is 10.1 Å². The molecule has 6 nitrogen and oxygen atoms in total. The number of morpholine rings is 1. The molecule has 1 fully saturated rings. The van der Waals surface area contributed by atoms with E-state index >= 15 is 0 Å². The predicted molar refractivity (Wildman–Crippen MR) is 91.5 cm³/mol. The fraction of sp³-hybridized carbons (Fsp3) is 0.625. The smallest absolute Gasteiger partial charge is 0.273 e. The monoisotopic (exact) mass is 344 g/mol. The summed E-state index contributed by atoms with van der Waals surface area (Å²) in [6.07, 6.45) is 2.58. The zero-order valence-electron chi connectivity index (χ0n) is 13.6. The lowest BCUT2D eigenvalue weighted by Gasteiger charge is -2.35. The molecule has 1 heterocycles. The van der Waals surface area contributed by atoms with Gasteiger partial charge in [0.25, 0.3) is 5.69 Å². The molecule has 2 unspecified atom stereocenters. The van der Waals surface area contributed by atoms with Crippen LogP contribution in [0.1, 0.15) is 26.7 Å². The molecule has 1 aliphatic rings. The van der Waals surface area contributed by atoms with Gasteiger partial charge in [0.2, 0.25) is 0 Å². The number of hydrogen-bond donors (Lipinski definition) is 0. The number of ether oxygens (including phenoxy) is 2. The highest BCUT2D eigenvalue weighted by Crippen LogP contribution is 2.19. The zero-order chi connectivity index (χ0) is 15.9. The van der Waals surface area contributed by atoms with Crippen molar-refractivity contribution in [2.24, 2.45) is 0 Å². The molecular formula is C16H25ClN2O4. The molecule has 0 amide bonds. The van der Waals surface area contributed by atoms with Crippen molar-refractivity contribution in [1.29, 1.82) is 0 Å². The van der Waals surface area contributed by atoms with Gasteiger partial charge in [0.05, 0.1) is 29.8 Å². The lowest BCUT2D eigenvalue weighted by Crippen LogP contribution is -2.45. The fourth-order valence-corrected chi connectivity index (χ4v) is 2.78. The van der Waals surface area contributed by atoms with Crippen molar-refractivity contribution in [3.63, 3.8) is 0 Å². The number of nitro benzene ring substituents is 1. The fourth-order valence-electron chi connectivity index (χ4n) is 2.78. The van der Waals surface area contributed by atoms with E-state index < -0.39 is 4.92 Å². The molecule has 1 aliphatic heterocycles. The molecule has 0 aliphatic carbocycles. The van der Waals surface area contributed by atoms with E-state index in [1.807, 2.05) is 0 Å². The van der Waals surface area contributed by atoms with E-state index in [4.69, 9.17) is 9.47 Å². The quantitative estimate of drug-likeness (QED) is 0.431. The van der Waals surface area contributed by atoms with Gasteiger partial charge in [0.15, 0.2) is 0 Å². The SMILES string of the molecule is CC1CN(CCCCOc2cccc([N+](=O)[O-])c2)CC(C)O1.Cl. The second-order valence-electron chi connectivity index (χ2n) is 5.83. The Morgan fingerprint density at radius 3 is 2.65 bits per heavy atom. The number of nitrogens with zero attached hydrogens (tertiary/aromatic N) is 2. The van der Waals surface area contributed by atoms with Crippen LogP contribution in [-0.2, 0) is 4.74 Å². The van der Waals surface area contributed by atoms with Crippen LogP contribution >= 0.6 is 12.4 Å². The first-order valence-electron chi connectivity index (χ1n) is 7.79. The average molecular weight is 345 g/mol. The van der Waals surface area contributed by atoms with Gasteiger partial charge in [-0.15, -0.1) is 12.4 Å². The van der Waals surface area contributed by atoms with E-state index in [9.17, 15) is 10.1 Å². The maximum Gasteiger partial charge on any atom is 0.273 e. The van der Waals surface area contributed by atoms with Crippen molar-refractivity contribution in [2.45, 2.75) is 38.9 Å². The van der Waals surface area contributed by atoms with Crippen LogP contribution in [0.3, 0.4) is 0 Å². The molecule has 0 spiro atoms. The number of halogens is 1. The van der Waals surface area contributed by atoms with Gasteiger partial charge in [0.1, 0.15) is 5.75 Å². The second-order valence-corrected chi connectivity index (χ2v) is 5.83. The van der Waals surface area contributed by atoms with Crippen LogP contribution in [-0.4, -0.2) is 48.3 Å². The molecule has 1 saturated heterocycles. The third kappa shape index (κ3) is 6.72. The lowest BCUT2D eigenvalue weighted by atomic mass is 10.2. The number of non-ortho nitro benzene ring substituents is 1. The number of unbranched alkanes of at least 4 members (excludes halogenated alkanes) is 1. The van der Waals surface area contributed by atoms with Crippen LogP contribution in [0.25, 0.3) is 0 Å². The summed E-state index contributed by atoms with van der Waals surface area (Å²) in [5, 5.41) is 10.7. The average Bonchev–Trinajstić information content (AvgIpc) is 2.46. The number of benzene rings is 1. The largest absolute Gasteiger partial charge is 0.493 e. The van der Waals surface area contributed by atoms with Crippen LogP contribution in [0.4, 0.5) is 5.69 Å². The summed E-state index contributed by atoms with van der Waals surface area (Å²) in [7, 11) is 0. The molecule has 0 aromatic heterocycles. The molecule has 0 radical (unpaired) electrons. The molecule has 1 aromatic carbocycles. The Balaban J connectivity index is 0.00000264.